The van der Waals surface area contributed by atoms with Crippen LogP contribution in [0.3, 0.4) is 0 Å². The maximum atomic E-state index is 11.0. The van der Waals surface area contributed by atoms with Crippen LogP contribution in [0.25, 0.3) is 0 Å². The zero-order valence-electron chi connectivity index (χ0n) is 6.77. The van der Waals surface area contributed by atoms with Gasteiger partial charge in [-0.05, 0) is 12.1 Å². The molecule has 0 radical (unpaired) electrons. The van der Waals surface area contributed by atoms with E-state index in [0.29, 0.717) is 5.69 Å². The predicted octanol–water partition coefficient (Wildman–Crippen LogP) is -0.0717. The van der Waals surface area contributed by atoms with Gasteiger partial charge in [-0.3, -0.25) is 4.79 Å². The lowest BCUT2D eigenvalue weighted by Crippen LogP contribution is -2.12. The second-order valence-corrected chi connectivity index (χ2v) is 2.28. The van der Waals surface area contributed by atoms with Gasteiger partial charge in [0.25, 0.3) is 0 Å². The molecule has 6 heteroatoms. The first-order chi connectivity index (χ1) is 5.66. The van der Waals surface area contributed by atoms with Gasteiger partial charge in [0.2, 0.25) is 0 Å². The van der Waals surface area contributed by atoms with Crippen molar-refractivity contribution in [3.05, 3.63) is 5.69 Å². The molecule has 0 spiro atoms. The second-order valence-electron chi connectivity index (χ2n) is 2.28. The summed E-state index contributed by atoms with van der Waals surface area (Å²) < 4.78 is 8.82. The predicted molar refractivity (Wildman–Crippen MR) is 39.1 cm³/mol. The normalized spacial score (nSPS) is 12.5. The van der Waals surface area contributed by atoms with Crippen molar-refractivity contribution >= 4 is 11.8 Å². The standard InChI is InChI=1S/C6H9N3O3/c1-3(6(10)11-2)4-5(7)9-12-8-4/h3H,1-2H3,(H2,7,9). The third-order valence-corrected chi connectivity index (χ3v) is 1.51. The Balaban J connectivity index is 2.84. The highest BCUT2D eigenvalue weighted by Crippen LogP contribution is 2.18. The molecule has 0 aliphatic rings. The van der Waals surface area contributed by atoms with E-state index in [1.54, 1.807) is 6.92 Å². The summed E-state index contributed by atoms with van der Waals surface area (Å²) in [5.41, 5.74) is 5.67. The number of rotatable bonds is 2. The van der Waals surface area contributed by atoms with E-state index in [1.165, 1.54) is 7.11 Å². The lowest BCUT2D eigenvalue weighted by molar-refractivity contribution is -0.142. The van der Waals surface area contributed by atoms with E-state index in [0.717, 1.165) is 0 Å². The fraction of sp³-hybridized carbons (Fsp3) is 0.500. The summed E-state index contributed by atoms with van der Waals surface area (Å²) in [6, 6.07) is 0. The zero-order chi connectivity index (χ0) is 9.14. The van der Waals surface area contributed by atoms with Crippen molar-refractivity contribution in [2.24, 2.45) is 0 Å². The van der Waals surface area contributed by atoms with Gasteiger partial charge in [-0.25, -0.2) is 4.63 Å². The lowest BCUT2D eigenvalue weighted by Gasteiger charge is -2.03. The van der Waals surface area contributed by atoms with Crippen LogP contribution in [-0.2, 0) is 9.53 Å². The quantitative estimate of drug-likeness (QED) is 0.626. The highest BCUT2D eigenvalue weighted by Gasteiger charge is 2.22. The Labute approximate surface area is 68.6 Å². The molecule has 12 heavy (non-hydrogen) atoms. The molecule has 6 nitrogen and oxygen atoms in total. The minimum Gasteiger partial charge on any atom is -0.469 e. The molecule has 0 aromatic carbocycles. The minimum atomic E-state index is -0.541. The first-order valence-electron chi connectivity index (χ1n) is 3.32. The van der Waals surface area contributed by atoms with E-state index in [2.05, 4.69) is 19.7 Å². The van der Waals surface area contributed by atoms with Crippen molar-refractivity contribution in [1.29, 1.82) is 0 Å². The molecule has 1 aromatic rings. The third-order valence-electron chi connectivity index (χ3n) is 1.51. The fourth-order valence-corrected chi connectivity index (χ4v) is 0.791. The smallest absolute Gasteiger partial charge is 0.314 e. The van der Waals surface area contributed by atoms with Crippen molar-refractivity contribution in [1.82, 2.24) is 10.3 Å². The number of carbonyl (C=O) groups excluding carboxylic acids is 1. The van der Waals surface area contributed by atoms with Crippen molar-refractivity contribution in [3.63, 3.8) is 0 Å². The highest BCUT2D eigenvalue weighted by atomic mass is 16.6. The molecule has 66 valence electrons. The van der Waals surface area contributed by atoms with Crippen LogP contribution >= 0.6 is 0 Å². The van der Waals surface area contributed by atoms with Gasteiger partial charge in [0.1, 0.15) is 11.6 Å². The molecule has 2 N–H and O–H groups in total. The number of nitrogen functional groups attached to an aromatic ring is 1. The average molecular weight is 171 g/mol. The van der Waals surface area contributed by atoms with Gasteiger partial charge in [0, 0.05) is 0 Å². The van der Waals surface area contributed by atoms with Crippen LogP contribution in [0.2, 0.25) is 0 Å². The van der Waals surface area contributed by atoms with Crippen LogP contribution in [0.4, 0.5) is 5.82 Å². The fourth-order valence-electron chi connectivity index (χ4n) is 0.791. The number of esters is 1. The molecule has 0 fully saturated rings. The van der Waals surface area contributed by atoms with E-state index in [9.17, 15) is 4.79 Å². The Morgan fingerprint density at radius 1 is 1.67 bits per heavy atom. The molecule has 1 rings (SSSR count). The molecular formula is C6H9N3O3. The lowest BCUT2D eigenvalue weighted by atomic mass is 10.1. The van der Waals surface area contributed by atoms with E-state index in [4.69, 9.17) is 5.73 Å². The molecule has 0 aliphatic heterocycles. The van der Waals surface area contributed by atoms with Crippen LogP contribution in [0.15, 0.2) is 4.63 Å². The van der Waals surface area contributed by atoms with E-state index < -0.39 is 11.9 Å². The molecule has 0 bridgehead atoms. The number of ether oxygens (including phenoxy) is 1. The molecule has 0 amide bonds. The SMILES string of the molecule is COC(=O)C(C)c1nonc1N. The average Bonchev–Trinajstić information content (AvgIpc) is 2.48. The van der Waals surface area contributed by atoms with Gasteiger partial charge >= 0.3 is 5.97 Å². The second kappa shape index (κ2) is 3.21. The van der Waals surface area contributed by atoms with Gasteiger partial charge < -0.3 is 10.5 Å². The van der Waals surface area contributed by atoms with Gasteiger partial charge in [-0.15, -0.1) is 0 Å². The number of nitrogens with two attached hydrogens (primary N) is 1. The van der Waals surface area contributed by atoms with Gasteiger partial charge in [-0.1, -0.05) is 5.16 Å². The summed E-state index contributed by atoms with van der Waals surface area (Å²) in [5, 5.41) is 6.81. The van der Waals surface area contributed by atoms with Crippen molar-refractivity contribution in [2.75, 3.05) is 12.8 Å². The summed E-state index contributed by atoms with van der Waals surface area (Å²) in [6.45, 7) is 1.61. The highest BCUT2D eigenvalue weighted by molar-refractivity contribution is 5.78. The molecule has 1 aromatic heterocycles. The number of methoxy groups -OCH3 is 1. The van der Waals surface area contributed by atoms with E-state index in [1.807, 2.05) is 0 Å². The van der Waals surface area contributed by atoms with Crippen molar-refractivity contribution in [2.45, 2.75) is 12.8 Å². The number of anilines is 1. The van der Waals surface area contributed by atoms with Crippen molar-refractivity contribution < 1.29 is 14.2 Å². The topological polar surface area (TPSA) is 91.2 Å². The monoisotopic (exact) mass is 171 g/mol. The Morgan fingerprint density at radius 2 is 2.33 bits per heavy atom. The molecule has 1 atom stereocenters. The van der Waals surface area contributed by atoms with Crippen molar-refractivity contribution in [3.8, 4) is 0 Å². The molecule has 0 aliphatic carbocycles. The molecule has 1 heterocycles. The largest absolute Gasteiger partial charge is 0.469 e. The van der Waals surface area contributed by atoms with Crippen LogP contribution in [-0.4, -0.2) is 23.4 Å². The number of nitrogens with zero attached hydrogens (tertiary/aromatic N) is 2. The Morgan fingerprint density at radius 3 is 2.75 bits per heavy atom. The summed E-state index contributed by atoms with van der Waals surface area (Å²) in [7, 11) is 1.29. The Hall–Kier alpha value is -1.59. The number of carbonyl (C=O) groups is 1. The van der Waals surface area contributed by atoms with Crippen LogP contribution < -0.4 is 5.73 Å². The maximum Gasteiger partial charge on any atom is 0.314 e. The summed E-state index contributed by atoms with van der Waals surface area (Å²) >= 11 is 0. The molecule has 0 saturated heterocycles. The molecular weight excluding hydrogens is 162 g/mol. The molecule has 0 saturated carbocycles. The summed E-state index contributed by atoms with van der Waals surface area (Å²) in [4.78, 5) is 11.0. The minimum absolute atomic E-state index is 0.118. The van der Waals surface area contributed by atoms with Gasteiger partial charge in [0.15, 0.2) is 5.82 Å². The van der Waals surface area contributed by atoms with E-state index in [-0.39, 0.29) is 5.82 Å². The van der Waals surface area contributed by atoms with E-state index >= 15 is 0 Å². The van der Waals surface area contributed by atoms with Gasteiger partial charge in [-0.2, -0.15) is 0 Å². The number of hydrogen-bond donors (Lipinski definition) is 1. The first-order valence-corrected chi connectivity index (χ1v) is 3.32. The van der Waals surface area contributed by atoms with Crippen LogP contribution in [0.1, 0.15) is 18.5 Å². The first kappa shape index (κ1) is 8.51. The zero-order valence-corrected chi connectivity index (χ0v) is 6.77. The maximum absolute atomic E-state index is 11.0. The van der Waals surface area contributed by atoms with Crippen LogP contribution in [0, 0.1) is 0 Å². The Kier molecular flexibility index (Phi) is 2.27. The third kappa shape index (κ3) is 1.36. The van der Waals surface area contributed by atoms with Crippen LogP contribution in [0.5, 0.6) is 0 Å². The number of hydrogen-bond acceptors (Lipinski definition) is 6. The molecule has 1 unspecified atom stereocenters. The summed E-state index contributed by atoms with van der Waals surface area (Å²) in [5.74, 6) is -0.841. The Bertz CT molecular complexity index is 283. The van der Waals surface area contributed by atoms with Gasteiger partial charge in [0.05, 0.1) is 7.11 Å². The number of aromatic nitrogens is 2. The summed E-state index contributed by atoms with van der Waals surface area (Å²) in [6.07, 6.45) is 0.